The predicted octanol–water partition coefficient (Wildman–Crippen LogP) is 1.89. The SMILES string of the molecule is O=CNc1cccc2c(Br)[nH]nc12. The van der Waals surface area contributed by atoms with E-state index >= 15 is 0 Å². The van der Waals surface area contributed by atoms with Gasteiger partial charge in [-0.2, -0.15) is 5.10 Å². The van der Waals surface area contributed by atoms with Crippen LogP contribution in [0.4, 0.5) is 5.69 Å². The van der Waals surface area contributed by atoms with Gasteiger partial charge in [0.25, 0.3) is 0 Å². The molecule has 0 radical (unpaired) electrons. The number of carbonyl (C=O) groups excluding carboxylic acids is 1. The quantitative estimate of drug-likeness (QED) is 0.787. The molecule has 0 saturated heterocycles. The van der Waals surface area contributed by atoms with Crippen LogP contribution in [-0.4, -0.2) is 16.6 Å². The molecule has 2 rings (SSSR count). The number of anilines is 1. The van der Waals surface area contributed by atoms with Gasteiger partial charge in [0, 0.05) is 5.39 Å². The summed E-state index contributed by atoms with van der Waals surface area (Å²) in [6.45, 7) is 0. The molecule has 1 heterocycles. The Hall–Kier alpha value is -1.36. The molecule has 0 fully saturated rings. The third-order valence-corrected chi connectivity index (χ3v) is 2.36. The van der Waals surface area contributed by atoms with Gasteiger partial charge in [-0.25, -0.2) is 0 Å². The number of amides is 1. The third kappa shape index (κ3) is 1.31. The second kappa shape index (κ2) is 3.18. The minimum absolute atomic E-state index is 0.636. The van der Waals surface area contributed by atoms with Crippen LogP contribution in [0.25, 0.3) is 10.9 Å². The number of fused-ring (bicyclic) bond motifs is 1. The Balaban J connectivity index is 2.69. The van der Waals surface area contributed by atoms with E-state index < -0.39 is 0 Å². The van der Waals surface area contributed by atoms with Crippen molar-refractivity contribution in [3.05, 3.63) is 22.8 Å². The molecule has 13 heavy (non-hydrogen) atoms. The molecule has 5 heteroatoms. The lowest BCUT2D eigenvalue weighted by atomic mass is 10.2. The molecule has 0 spiro atoms. The molecule has 2 N–H and O–H groups in total. The maximum atomic E-state index is 10.3. The number of para-hydroxylation sites is 1. The van der Waals surface area contributed by atoms with Crippen LogP contribution in [0.2, 0.25) is 0 Å². The molecule has 0 aliphatic rings. The Morgan fingerprint density at radius 2 is 2.38 bits per heavy atom. The molecule has 0 saturated carbocycles. The molecule has 0 unspecified atom stereocenters. The number of nitrogens with zero attached hydrogens (tertiary/aromatic N) is 1. The molecule has 1 amide bonds. The smallest absolute Gasteiger partial charge is 0.211 e. The summed E-state index contributed by atoms with van der Waals surface area (Å²) in [5.74, 6) is 0. The van der Waals surface area contributed by atoms with E-state index in [2.05, 4.69) is 31.4 Å². The second-order valence-corrected chi connectivity index (χ2v) is 3.29. The van der Waals surface area contributed by atoms with Crippen LogP contribution in [0, 0.1) is 0 Å². The Bertz CT molecular complexity index is 452. The van der Waals surface area contributed by atoms with Crippen molar-refractivity contribution in [2.45, 2.75) is 0 Å². The number of aromatic amines is 1. The van der Waals surface area contributed by atoms with Gasteiger partial charge in [-0.1, -0.05) is 6.07 Å². The van der Waals surface area contributed by atoms with Crippen LogP contribution in [0.1, 0.15) is 0 Å². The lowest BCUT2D eigenvalue weighted by Gasteiger charge is -1.97. The van der Waals surface area contributed by atoms with Crippen molar-refractivity contribution in [1.82, 2.24) is 10.2 Å². The van der Waals surface area contributed by atoms with Gasteiger partial charge in [0.15, 0.2) is 0 Å². The summed E-state index contributed by atoms with van der Waals surface area (Å²) in [6.07, 6.45) is 0.636. The standard InChI is InChI=1S/C8H6BrN3O/c9-8-5-2-1-3-6(10-4-13)7(5)11-12-8/h1-4H,(H,10,13)(H,11,12). The highest BCUT2D eigenvalue weighted by Crippen LogP contribution is 2.26. The minimum Gasteiger partial charge on any atom is -0.327 e. The highest BCUT2D eigenvalue weighted by Gasteiger charge is 2.05. The van der Waals surface area contributed by atoms with E-state index in [9.17, 15) is 4.79 Å². The number of benzene rings is 1. The van der Waals surface area contributed by atoms with Gasteiger partial charge in [-0.15, -0.1) is 0 Å². The average Bonchev–Trinajstić information content (AvgIpc) is 2.50. The first kappa shape index (κ1) is 8.25. The summed E-state index contributed by atoms with van der Waals surface area (Å²) < 4.78 is 0.817. The van der Waals surface area contributed by atoms with Crippen LogP contribution < -0.4 is 5.32 Å². The van der Waals surface area contributed by atoms with E-state index in [-0.39, 0.29) is 0 Å². The van der Waals surface area contributed by atoms with E-state index in [1.165, 1.54) is 0 Å². The van der Waals surface area contributed by atoms with Crippen molar-refractivity contribution in [2.24, 2.45) is 0 Å². The zero-order valence-electron chi connectivity index (χ0n) is 6.54. The molecular weight excluding hydrogens is 234 g/mol. The fourth-order valence-corrected chi connectivity index (χ4v) is 1.59. The van der Waals surface area contributed by atoms with E-state index in [0.717, 1.165) is 15.5 Å². The van der Waals surface area contributed by atoms with Crippen LogP contribution in [0.15, 0.2) is 22.8 Å². The summed E-state index contributed by atoms with van der Waals surface area (Å²) in [6, 6.07) is 5.57. The highest BCUT2D eigenvalue weighted by molar-refractivity contribution is 9.10. The molecule has 4 nitrogen and oxygen atoms in total. The summed E-state index contributed by atoms with van der Waals surface area (Å²) in [7, 11) is 0. The molecule has 2 aromatic rings. The topological polar surface area (TPSA) is 57.8 Å². The molecule has 1 aromatic carbocycles. The number of hydrogen-bond donors (Lipinski definition) is 2. The summed E-state index contributed by atoms with van der Waals surface area (Å²) >= 11 is 3.32. The molecule has 66 valence electrons. The first-order chi connectivity index (χ1) is 6.33. The number of nitrogens with one attached hydrogen (secondary N) is 2. The monoisotopic (exact) mass is 239 g/mol. The van der Waals surface area contributed by atoms with E-state index in [1.807, 2.05) is 12.1 Å². The maximum absolute atomic E-state index is 10.3. The predicted molar refractivity (Wildman–Crippen MR) is 53.5 cm³/mol. The van der Waals surface area contributed by atoms with Crippen molar-refractivity contribution in [3.63, 3.8) is 0 Å². The summed E-state index contributed by atoms with van der Waals surface area (Å²) in [5.41, 5.74) is 1.45. The Labute approximate surface area is 82.5 Å². The number of carbonyl (C=O) groups is 1. The van der Waals surface area contributed by atoms with Crippen molar-refractivity contribution in [1.29, 1.82) is 0 Å². The van der Waals surface area contributed by atoms with Gasteiger partial charge < -0.3 is 5.32 Å². The molecular formula is C8H6BrN3O. The number of H-pyrrole nitrogens is 1. The normalized spacial score (nSPS) is 10.2. The van der Waals surface area contributed by atoms with E-state index in [1.54, 1.807) is 6.07 Å². The molecule has 0 atom stereocenters. The Kier molecular flexibility index (Phi) is 2.02. The molecule has 1 aromatic heterocycles. The summed E-state index contributed by atoms with van der Waals surface area (Å²) in [4.78, 5) is 10.3. The number of aromatic nitrogens is 2. The van der Waals surface area contributed by atoms with Crippen molar-refractivity contribution in [3.8, 4) is 0 Å². The van der Waals surface area contributed by atoms with E-state index in [4.69, 9.17) is 0 Å². The number of rotatable bonds is 2. The molecule has 0 bridgehead atoms. The van der Waals surface area contributed by atoms with E-state index in [0.29, 0.717) is 12.1 Å². The van der Waals surface area contributed by atoms with Crippen molar-refractivity contribution in [2.75, 3.05) is 5.32 Å². The van der Waals surface area contributed by atoms with Gasteiger partial charge in [0.2, 0.25) is 6.41 Å². The van der Waals surface area contributed by atoms with Crippen LogP contribution in [0.3, 0.4) is 0 Å². The zero-order valence-corrected chi connectivity index (χ0v) is 8.13. The molecule has 0 aliphatic carbocycles. The van der Waals surface area contributed by atoms with Gasteiger partial charge in [0.1, 0.15) is 10.1 Å². The lowest BCUT2D eigenvalue weighted by molar-refractivity contribution is -0.105. The molecule has 0 aliphatic heterocycles. The van der Waals surface area contributed by atoms with Gasteiger partial charge in [-0.05, 0) is 28.1 Å². The fraction of sp³-hybridized carbons (Fsp3) is 0. The zero-order chi connectivity index (χ0) is 9.26. The van der Waals surface area contributed by atoms with Gasteiger partial charge >= 0.3 is 0 Å². The van der Waals surface area contributed by atoms with Crippen LogP contribution in [-0.2, 0) is 4.79 Å². The third-order valence-electron chi connectivity index (χ3n) is 1.75. The summed E-state index contributed by atoms with van der Waals surface area (Å²) in [5, 5.41) is 10.4. The fourth-order valence-electron chi connectivity index (χ4n) is 1.19. The average molecular weight is 240 g/mol. The van der Waals surface area contributed by atoms with Crippen LogP contribution >= 0.6 is 15.9 Å². The first-order valence-corrected chi connectivity index (χ1v) is 4.45. The Morgan fingerprint density at radius 3 is 3.15 bits per heavy atom. The lowest BCUT2D eigenvalue weighted by Crippen LogP contribution is -1.93. The van der Waals surface area contributed by atoms with Gasteiger partial charge in [-0.3, -0.25) is 9.89 Å². The maximum Gasteiger partial charge on any atom is 0.211 e. The Morgan fingerprint density at radius 1 is 1.54 bits per heavy atom. The highest BCUT2D eigenvalue weighted by atomic mass is 79.9. The first-order valence-electron chi connectivity index (χ1n) is 3.65. The van der Waals surface area contributed by atoms with Crippen molar-refractivity contribution < 1.29 is 4.79 Å². The van der Waals surface area contributed by atoms with Gasteiger partial charge in [0.05, 0.1) is 5.69 Å². The number of hydrogen-bond acceptors (Lipinski definition) is 2. The minimum atomic E-state index is 0.636. The van der Waals surface area contributed by atoms with Crippen LogP contribution in [0.5, 0.6) is 0 Å². The number of halogens is 1. The van der Waals surface area contributed by atoms with Crippen molar-refractivity contribution >= 4 is 38.9 Å². The largest absolute Gasteiger partial charge is 0.327 e. The second-order valence-electron chi connectivity index (χ2n) is 2.50.